The van der Waals surface area contributed by atoms with Gasteiger partial charge < -0.3 is 20.1 Å². The van der Waals surface area contributed by atoms with E-state index in [1.807, 2.05) is 7.05 Å². The number of guanidine groups is 1. The number of nitrogens with zero attached hydrogens (tertiary/aromatic N) is 3. The van der Waals surface area contributed by atoms with Crippen LogP contribution in [-0.2, 0) is 17.8 Å². The predicted octanol–water partition coefficient (Wildman–Crippen LogP) is 3.09. The molecule has 7 heteroatoms. The Kier molecular flexibility index (Phi) is 11.4. The van der Waals surface area contributed by atoms with Gasteiger partial charge in [0.25, 0.3) is 0 Å². The summed E-state index contributed by atoms with van der Waals surface area (Å²) < 4.78 is 5.46. The maximum atomic E-state index is 9.64. The maximum absolute atomic E-state index is 9.64. The van der Waals surface area contributed by atoms with E-state index in [-0.39, 0.29) is 30.1 Å². The van der Waals surface area contributed by atoms with Gasteiger partial charge in [0.15, 0.2) is 5.96 Å². The molecule has 2 saturated heterocycles. The van der Waals surface area contributed by atoms with Crippen molar-refractivity contribution >= 4 is 29.9 Å². The number of likely N-dealkylation sites (tertiary alicyclic amines) is 1. The van der Waals surface area contributed by atoms with Crippen LogP contribution in [0.3, 0.4) is 0 Å². The van der Waals surface area contributed by atoms with Gasteiger partial charge in [0.1, 0.15) is 0 Å². The van der Waals surface area contributed by atoms with E-state index in [0.29, 0.717) is 0 Å². The van der Waals surface area contributed by atoms with E-state index >= 15 is 0 Å². The number of benzene rings is 1. The predicted molar refractivity (Wildman–Crippen MR) is 133 cm³/mol. The summed E-state index contributed by atoms with van der Waals surface area (Å²) in [5.74, 6) is 1.73. The van der Waals surface area contributed by atoms with Crippen LogP contribution >= 0.6 is 24.0 Å². The van der Waals surface area contributed by atoms with Crippen molar-refractivity contribution in [1.82, 2.24) is 15.1 Å². The molecule has 1 aromatic carbocycles. The van der Waals surface area contributed by atoms with E-state index < -0.39 is 0 Å². The molecule has 0 radical (unpaired) electrons. The van der Waals surface area contributed by atoms with Gasteiger partial charge in [-0.05, 0) is 49.1 Å². The van der Waals surface area contributed by atoms with E-state index in [2.05, 4.69) is 51.4 Å². The third kappa shape index (κ3) is 8.32. The summed E-state index contributed by atoms with van der Waals surface area (Å²) in [5, 5.41) is 13.1. The molecule has 0 saturated carbocycles. The van der Waals surface area contributed by atoms with Gasteiger partial charge in [0.2, 0.25) is 0 Å². The largest absolute Gasteiger partial charge is 0.393 e. The molecule has 0 aromatic heterocycles. The normalized spacial score (nSPS) is 19.4. The fourth-order valence-corrected chi connectivity index (χ4v) is 4.18. The van der Waals surface area contributed by atoms with Gasteiger partial charge in [-0.15, -0.1) is 24.0 Å². The first kappa shape index (κ1) is 25.4. The summed E-state index contributed by atoms with van der Waals surface area (Å²) in [6, 6.07) is 8.85. The molecule has 2 aliphatic rings. The second-order valence-electron chi connectivity index (χ2n) is 8.49. The fourth-order valence-electron chi connectivity index (χ4n) is 4.18. The van der Waals surface area contributed by atoms with Crippen LogP contribution in [0.1, 0.15) is 43.2 Å². The first-order chi connectivity index (χ1) is 14.1. The molecule has 6 nitrogen and oxygen atoms in total. The Hall–Kier alpha value is -0.900. The van der Waals surface area contributed by atoms with Crippen molar-refractivity contribution in [1.29, 1.82) is 0 Å². The van der Waals surface area contributed by atoms with Crippen LogP contribution in [0, 0.1) is 5.92 Å². The molecular weight excluding hydrogens is 491 g/mol. The molecular formula is C23H39IN4O2. The Labute approximate surface area is 199 Å². The lowest BCUT2D eigenvalue weighted by atomic mass is 9.96. The molecule has 0 amide bonds. The Morgan fingerprint density at radius 2 is 1.77 bits per heavy atom. The Morgan fingerprint density at radius 3 is 2.40 bits per heavy atom. The van der Waals surface area contributed by atoms with Gasteiger partial charge in [-0.2, -0.15) is 0 Å². The van der Waals surface area contributed by atoms with Crippen molar-refractivity contribution in [2.24, 2.45) is 10.9 Å². The average Bonchev–Trinajstić information content (AvgIpc) is 2.76. The smallest absolute Gasteiger partial charge is 0.193 e. The Morgan fingerprint density at radius 1 is 1.13 bits per heavy atom. The summed E-state index contributed by atoms with van der Waals surface area (Å²) in [4.78, 5) is 9.10. The topological polar surface area (TPSA) is 60.3 Å². The van der Waals surface area contributed by atoms with Crippen molar-refractivity contribution in [2.75, 3.05) is 46.9 Å². The molecule has 0 atom stereocenters. The molecule has 0 aliphatic carbocycles. The maximum Gasteiger partial charge on any atom is 0.193 e. The first-order valence-corrected chi connectivity index (χ1v) is 11.1. The minimum atomic E-state index is -0.107. The number of hydrogen-bond donors (Lipinski definition) is 2. The second-order valence-corrected chi connectivity index (χ2v) is 8.49. The number of hydrogen-bond acceptors (Lipinski definition) is 4. The van der Waals surface area contributed by atoms with E-state index in [0.717, 1.165) is 70.7 Å². The number of aliphatic hydroxyl groups is 1. The van der Waals surface area contributed by atoms with Crippen LogP contribution in [0.4, 0.5) is 0 Å². The first-order valence-electron chi connectivity index (χ1n) is 11.1. The van der Waals surface area contributed by atoms with Crippen molar-refractivity contribution in [3.8, 4) is 0 Å². The molecule has 0 unspecified atom stereocenters. The zero-order valence-electron chi connectivity index (χ0n) is 18.6. The highest BCUT2D eigenvalue weighted by Gasteiger charge is 2.17. The monoisotopic (exact) mass is 530 g/mol. The summed E-state index contributed by atoms with van der Waals surface area (Å²) in [5.41, 5.74) is 2.60. The third-order valence-corrected chi connectivity index (χ3v) is 6.22. The molecule has 30 heavy (non-hydrogen) atoms. The molecule has 0 spiro atoms. The highest BCUT2D eigenvalue weighted by Crippen LogP contribution is 2.18. The van der Waals surface area contributed by atoms with Crippen LogP contribution in [0.25, 0.3) is 0 Å². The lowest BCUT2D eigenvalue weighted by Gasteiger charge is -2.29. The second kappa shape index (κ2) is 13.5. The van der Waals surface area contributed by atoms with Crippen LogP contribution in [0.2, 0.25) is 0 Å². The van der Waals surface area contributed by atoms with E-state index in [1.165, 1.54) is 30.4 Å². The zero-order valence-corrected chi connectivity index (χ0v) is 20.9. The quantitative estimate of drug-likeness (QED) is 0.323. The number of ether oxygens (including phenoxy) is 1. The lowest BCUT2D eigenvalue weighted by Crippen LogP contribution is -2.39. The molecule has 1 aromatic rings. The Balaban J connectivity index is 0.00000320. The summed E-state index contributed by atoms with van der Waals surface area (Å²) >= 11 is 0. The standard InChI is InChI=1S/C23H38N4O2.HI/c1-24-23(26(2)12-7-19-10-15-29-16-11-19)25-17-20-3-5-21(6-4-20)18-27-13-8-22(28)9-14-27;/h3-6,19,22,28H,7-18H2,1-2H3,(H,24,25);1H. The average molecular weight is 530 g/mol. The van der Waals surface area contributed by atoms with Gasteiger partial charge in [-0.1, -0.05) is 24.3 Å². The highest BCUT2D eigenvalue weighted by molar-refractivity contribution is 14.0. The molecule has 0 bridgehead atoms. The van der Waals surface area contributed by atoms with Crippen molar-refractivity contribution < 1.29 is 9.84 Å². The van der Waals surface area contributed by atoms with E-state index in [1.54, 1.807) is 0 Å². The molecule has 2 heterocycles. The van der Waals surface area contributed by atoms with Crippen LogP contribution in [0.15, 0.2) is 29.3 Å². The van der Waals surface area contributed by atoms with Gasteiger partial charge >= 0.3 is 0 Å². The van der Waals surface area contributed by atoms with Crippen LogP contribution in [0.5, 0.6) is 0 Å². The number of halogens is 1. The molecule has 2 aliphatic heterocycles. The lowest BCUT2D eigenvalue weighted by molar-refractivity contribution is 0.0625. The minimum Gasteiger partial charge on any atom is -0.393 e. The highest BCUT2D eigenvalue weighted by atomic mass is 127. The number of aliphatic hydroxyl groups excluding tert-OH is 1. The zero-order chi connectivity index (χ0) is 20.5. The van der Waals surface area contributed by atoms with Gasteiger partial charge in [-0.3, -0.25) is 9.89 Å². The van der Waals surface area contributed by atoms with Crippen molar-refractivity contribution in [3.63, 3.8) is 0 Å². The van der Waals surface area contributed by atoms with Gasteiger partial charge in [0.05, 0.1) is 6.10 Å². The SMILES string of the molecule is CN=C(NCc1ccc(CN2CCC(O)CC2)cc1)N(C)CCC1CCOCC1.I. The van der Waals surface area contributed by atoms with Crippen LogP contribution in [-0.4, -0.2) is 73.9 Å². The summed E-state index contributed by atoms with van der Waals surface area (Å²) in [6.07, 6.45) is 5.24. The van der Waals surface area contributed by atoms with Crippen molar-refractivity contribution in [3.05, 3.63) is 35.4 Å². The summed E-state index contributed by atoms with van der Waals surface area (Å²) in [6.45, 7) is 6.57. The summed E-state index contributed by atoms with van der Waals surface area (Å²) in [7, 11) is 3.97. The number of nitrogens with one attached hydrogen (secondary N) is 1. The number of piperidine rings is 1. The molecule has 170 valence electrons. The van der Waals surface area contributed by atoms with Gasteiger partial charge in [0, 0.05) is 60.0 Å². The number of aliphatic imine (C=N–C) groups is 1. The number of rotatable bonds is 7. The molecule has 3 rings (SSSR count). The van der Waals surface area contributed by atoms with Crippen LogP contribution < -0.4 is 5.32 Å². The third-order valence-electron chi connectivity index (χ3n) is 6.22. The fraction of sp³-hybridized carbons (Fsp3) is 0.696. The molecule has 2 fully saturated rings. The minimum absolute atomic E-state index is 0. The van der Waals surface area contributed by atoms with Crippen molar-refractivity contribution in [2.45, 2.75) is 51.3 Å². The van der Waals surface area contributed by atoms with E-state index in [4.69, 9.17) is 4.74 Å². The van der Waals surface area contributed by atoms with E-state index in [9.17, 15) is 5.11 Å². The van der Waals surface area contributed by atoms with Gasteiger partial charge in [-0.25, -0.2) is 0 Å². The Bertz CT molecular complexity index is 627. The molecule has 2 N–H and O–H groups in total.